The van der Waals surface area contributed by atoms with Gasteiger partial charge in [-0.3, -0.25) is 0 Å². The lowest BCUT2D eigenvalue weighted by molar-refractivity contribution is 0.00578. The Morgan fingerprint density at radius 1 is 0.650 bits per heavy atom. The van der Waals surface area contributed by atoms with Crippen LogP contribution >= 0.6 is 0 Å². The summed E-state index contributed by atoms with van der Waals surface area (Å²) in [7, 11) is -0.399. The van der Waals surface area contributed by atoms with E-state index in [1.165, 1.54) is 54.6 Å². The molecular formula is C37H35BO2. The second kappa shape index (κ2) is 9.19. The summed E-state index contributed by atoms with van der Waals surface area (Å²) in [5.41, 5.74) is 5.34. The minimum Gasteiger partial charge on any atom is -0.399 e. The molecule has 1 aliphatic carbocycles. The van der Waals surface area contributed by atoms with Crippen molar-refractivity contribution < 1.29 is 9.31 Å². The zero-order chi connectivity index (χ0) is 27.6. The van der Waals surface area contributed by atoms with Gasteiger partial charge in [0.15, 0.2) is 0 Å². The summed E-state index contributed by atoms with van der Waals surface area (Å²) in [6.07, 6.45) is 8.10. The van der Waals surface area contributed by atoms with Crippen LogP contribution in [0.3, 0.4) is 0 Å². The van der Waals surface area contributed by atoms with E-state index in [-0.39, 0.29) is 11.2 Å². The zero-order valence-electron chi connectivity index (χ0n) is 24.0. The smallest absolute Gasteiger partial charge is 0.399 e. The molecule has 5 aromatic rings. The van der Waals surface area contributed by atoms with E-state index in [0.29, 0.717) is 5.92 Å². The van der Waals surface area contributed by atoms with E-state index < -0.39 is 7.12 Å². The van der Waals surface area contributed by atoms with Gasteiger partial charge in [0.2, 0.25) is 0 Å². The maximum absolute atomic E-state index is 6.47. The highest BCUT2D eigenvalue weighted by molar-refractivity contribution is 6.62. The number of rotatable bonds is 3. The van der Waals surface area contributed by atoms with Crippen molar-refractivity contribution in [1.29, 1.82) is 0 Å². The van der Waals surface area contributed by atoms with Crippen molar-refractivity contribution >= 4 is 50.5 Å². The molecule has 5 aromatic carbocycles. The lowest BCUT2D eigenvalue weighted by Crippen LogP contribution is -2.41. The first-order chi connectivity index (χ1) is 19.2. The molecule has 0 bridgehead atoms. The standard InChI is InChI=1S/C37H35BO2/c1-24-12-11-15-26(20-24)32-23-34-29-17-10-9-16-28(29)31(25-13-7-6-8-14-25)22-35(34)30-19-18-27(21-33(30)32)38-39-36(2,3)37(4,5)40-38/h6-11,13-24H,12H2,1-5H3. The molecule has 198 valence electrons. The normalized spacial score (nSPS) is 20.0. The summed E-state index contributed by atoms with van der Waals surface area (Å²) in [4.78, 5) is 0. The summed E-state index contributed by atoms with van der Waals surface area (Å²) < 4.78 is 12.9. The van der Waals surface area contributed by atoms with Crippen LogP contribution in [0.1, 0.15) is 46.6 Å². The fraction of sp³-hybridized carbons (Fsp3) is 0.243. The van der Waals surface area contributed by atoms with E-state index in [2.05, 4.69) is 138 Å². The largest absolute Gasteiger partial charge is 0.494 e. The van der Waals surface area contributed by atoms with Gasteiger partial charge in [0, 0.05) is 0 Å². The van der Waals surface area contributed by atoms with Crippen molar-refractivity contribution in [3.05, 3.63) is 109 Å². The molecule has 1 saturated heterocycles. The molecule has 1 fully saturated rings. The lowest BCUT2D eigenvalue weighted by Gasteiger charge is -2.32. The van der Waals surface area contributed by atoms with Crippen molar-refractivity contribution in [2.75, 3.05) is 0 Å². The van der Waals surface area contributed by atoms with Gasteiger partial charge in [-0.05, 0) is 112 Å². The molecule has 1 heterocycles. The predicted molar refractivity (Wildman–Crippen MR) is 171 cm³/mol. The molecule has 7 rings (SSSR count). The molecule has 2 nitrogen and oxygen atoms in total. The Bertz CT molecular complexity index is 1830. The Morgan fingerprint density at radius 3 is 1.98 bits per heavy atom. The SMILES string of the molecule is CC1C=C(c2cc3c4ccccc4c(-c4ccccc4)cc3c3ccc(B4OC(C)(C)C(C)(C)O4)cc23)C=CC1. The molecule has 1 atom stereocenters. The van der Waals surface area contributed by atoms with Crippen molar-refractivity contribution in [3.63, 3.8) is 0 Å². The maximum atomic E-state index is 6.47. The first-order valence-electron chi connectivity index (χ1n) is 14.4. The Morgan fingerprint density at radius 2 is 1.27 bits per heavy atom. The molecule has 0 N–H and O–H groups in total. The number of fused-ring (bicyclic) bond motifs is 5. The molecule has 0 aromatic heterocycles. The maximum Gasteiger partial charge on any atom is 0.494 e. The van der Waals surface area contributed by atoms with Gasteiger partial charge in [-0.2, -0.15) is 0 Å². The van der Waals surface area contributed by atoms with E-state index >= 15 is 0 Å². The summed E-state index contributed by atoms with van der Waals surface area (Å²) >= 11 is 0. The van der Waals surface area contributed by atoms with E-state index in [1.807, 2.05) is 0 Å². The third-order valence-corrected chi connectivity index (χ3v) is 9.19. The van der Waals surface area contributed by atoms with Gasteiger partial charge in [0.05, 0.1) is 11.2 Å². The summed E-state index contributed by atoms with van der Waals surface area (Å²) in [5, 5.41) is 7.61. The van der Waals surface area contributed by atoms with Crippen molar-refractivity contribution in [2.45, 2.75) is 52.2 Å². The number of benzene rings is 5. The van der Waals surface area contributed by atoms with E-state index in [4.69, 9.17) is 9.31 Å². The van der Waals surface area contributed by atoms with Crippen LogP contribution in [0.25, 0.3) is 49.0 Å². The fourth-order valence-corrected chi connectivity index (χ4v) is 6.26. The van der Waals surface area contributed by atoms with E-state index in [9.17, 15) is 0 Å². The molecule has 0 spiro atoms. The highest BCUT2D eigenvalue weighted by Gasteiger charge is 2.51. The molecule has 1 unspecified atom stereocenters. The molecular weight excluding hydrogens is 487 g/mol. The van der Waals surface area contributed by atoms with Crippen molar-refractivity contribution in [3.8, 4) is 11.1 Å². The topological polar surface area (TPSA) is 18.5 Å². The zero-order valence-corrected chi connectivity index (χ0v) is 24.0. The van der Waals surface area contributed by atoms with Crippen LogP contribution in [-0.2, 0) is 9.31 Å². The average Bonchev–Trinajstić information content (AvgIpc) is 3.18. The molecule has 3 heteroatoms. The van der Waals surface area contributed by atoms with Crippen LogP contribution in [0.4, 0.5) is 0 Å². The third kappa shape index (κ3) is 4.03. The van der Waals surface area contributed by atoms with Crippen LogP contribution in [0.2, 0.25) is 0 Å². The molecule has 2 aliphatic rings. The number of hydrogen-bond acceptors (Lipinski definition) is 2. The minimum atomic E-state index is -0.399. The Labute approximate surface area is 237 Å². The summed E-state index contributed by atoms with van der Waals surface area (Å²) in [6.45, 7) is 10.7. The van der Waals surface area contributed by atoms with Gasteiger partial charge in [0.1, 0.15) is 0 Å². The second-order valence-corrected chi connectivity index (χ2v) is 12.5. The second-order valence-electron chi connectivity index (χ2n) is 12.5. The molecule has 0 amide bonds. The van der Waals surface area contributed by atoms with Crippen LogP contribution in [0, 0.1) is 5.92 Å². The Balaban J connectivity index is 1.54. The van der Waals surface area contributed by atoms with Crippen LogP contribution in [0.15, 0.2) is 103 Å². The highest BCUT2D eigenvalue weighted by atomic mass is 16.7. The van der Waals surface area contributed by atoms with Gasteiger partial charge in [0.25, 0.3) is 0 Å². The van der Waals surface area contributed by atoms with Gasteiger partial charge >= 0.3 is 7.12 Å². The fourth-order valence-electron chi connectivity index (χ4n) is 6.26. The Hall–Kier alpha value is -3.66. The monoisotopic (exact) mass is 522 g/mol. The summed E-state index contributed by atoms with van der Waals surface area (Å²) in [5.74, 6) is 0.509. The molecule has 0 radical (unpaired) electrons. The molecule has 0 saturated carbocycles. The predicted octanol–water partition coefficient (Wildman–Crippen LogP) is 9.09. The van der Waals surface area contributed by atoms with Gasteiger partial charge < -0.3 is 9.31 Å². The number of hydrogen-bond donors (Lipinski definition) is 0. The highest BCUT2D eigenvalue weighted by Crippen LogP contribution is 2.42. The first-order valence-corrected chi connectivity index (χ1v) is 14.4. The summed E-state index contributed by atoms with van der Waals surface area (Å²) in [6, 6.07) is 31.1. The van der Waals surface area contributed by atoms with Gasteiger partial charge in [-0.15, -0.1) is 0 Å². The lowest BCUT2D eigenvalue weighted by atomic mass is 9.76. The van der Waals surface area contributed by atoms with Crippen LogP contribution < -0.4 is 5.46 Å². The first kappa shape index (κ1) is 25.3. The van der Waals surface area contributed by atoms with E-state index in [1.54, 1.807) is 0 Å². The van der Waals surface area contributed by atoms with Crippen molar-refractivity contribution in [1.82, 2.24) is 0 Å². The van der Waals surface area contributed by atoms with Gasteiger partial charge in [-0.1, -0.05) is 97.9 Å². The van der Waals surface area contributed by atoms with Crippen molar-refractivity contribution in [2.24, 2.45) is 5.92 Å². The minimum absolute atomic E-state index is 0.383. The molecule has 1 aliphatic heterocycles. The van der Waals surface area contributed by atoms with E-state index in [0.717, 1.165) is 11.9 Å². The quantitative estimate of drug-likeness (QED) is 0.174. The van der Waals surface area contributed by atoms with Crippen LogP contribution in [-0.4, -0.2) is 18.3 Å². The molecule has 40 heavy (non-hydrogen) atoms. The van der Waals surface area contributed by atoms with Gasteiger partial charge in [-0.25, -0.2) is 0 Å². The third-order valence-electron chi connectivity index (χ3n) is 9.19. The number of allylic oxidation sites excluding steroid dienone is 4. The Kier molecular flexibility index (Phi) is 5.82. The van der Waals surface area contributed by atoms with Crippen LogP contribution in [0.5, 0.6) is 0 Å². The average molecular weight is 522 g/mol.